The van der Waals surface area contributed by atoms with Crippen LogP contribution in [0, 0.1) is 6.92 Å². The topological polar surface area (TPSA) is 82.3 Å². The second-order valence-electron chi connectivity index (χ2n) is 6.60. The number of benzene rings is 2. The van der Waals surface area contributed by atoms with Gasteiger partial charge < -0.3 is 10.1 Å². The molecular formula is C22H23N3O4. The first-order valence-corrected chi connectivity index (χ1v) is 9.35. The van der Waals surface area contributed by atoms with E-state index in [1.54, 1.807) is 24.3 Å². The third kappa shape index (κ3) is 5.01. The lowest BCUT2D eigenvalue weighted by molar-refractivity contribution is -0.121. The van der Waals surface area contributed by atoms with Crippen LogP contribution in [0.1, 0.15) is 18.1 Å². The fourth-order valence-corrected chi connectivity index (χ4v) is 2.94. The molecule has 7 heteroatoms. The molecule has 1 amide bonds. The van der Waals surface area contributed by atoms with Crippen molar-refractivity contribution in [3.05, 3.63) is 92.8 Å². The molecule has 1 aromatic heterocycles. The monoisotopic (exact) mass is 393 g/mol. The van der Waals surface area contributed by atoms with E-state index in [2.05, 4.69) is 5.32 Å². The van der Waals surface area contributed by atoms with Crippen LogP contribution in [0.3, 0.4) is 0 Å². The zero-order valence-electron chi connectivity index (χ0n) is 16.4. The van der Waals surface area contributed by atoms with E-state index in [1.165, 1.54) is 17.0 Å². The minimum atomic E-state index is -0.757. The van der Waals surface area contributed by atoms with Gasteiger partial charge in [-0.3, -0.25) is 23.5 Å². The van der Waals surface area contributed by atoms with Gasteiger partial charge in [0, 0.05) is 24.6 Å². The average molecular weight is 393 g/mol. The summed E-state index contributed by atoms with van der Waals surface area (Å²) in [5, 5.41) is 2.76. The van der Waals surface area contributed by atoms with Gasteiger partial charge in [-0.15, -0.1) is 0 Å². The molecule has 2 aromatic carbocycles. The molecule has 0 saturated carbocycles. The molecule has 7 nitrogen and oxygen atoms in total. The Labute approximate surface area is 168 Å². The van der Waals surface area contributed by atoms with Gasteiger partial charge in [-0.25, -0.2) is 0 Å². The largest absolute Gasteiger partial charge is 0.494 e. The van der Waals surface area contributed by atoms with Crippen molar-refractivity contribution in [2.24, 2.45) is 0 Å². The summed E-state index contributed by atoms with van der Waals surface area (Å²) >= 11 is 0. The van der Waals surface area contributed by atoms with E-state index in [9.17, 15) is 14.4 Å². The highest BCUT2D eigenvalue weighted by molar-refractivity contribution is 5.75. The van der Waals surface area contributed by atoms with Crippen molar-refractivity contribution >= 4 is 5.91 Å². The van der Waals surface area contributed by atoms with E-state index < -0.39 is 11.1 Å². The molecule has 0 spiro atoms. The van der Waals surface area contributed by atoms with Crippen molar-refractivity contribution in [3.63, 3.8) is 0 Å². The van der Waals surface area contributed by atoms with E-state index in [4.69, 9.17) is 4.74 Å². The van der Waals surface area contributed by atoms with Crippen LogP contribution in [0.15, 0.2) is 70.5 Å². The van der Waals surface area contributed by atoms with Gasteiger partial charge in [0.2, 0.25) is 5.91 Å². The molecule has 1 heterocycles. The lowest BCUT2D eigenvalue weighted by atomic mass is 10.1. The average Bonchev–Trinajstić information content (AvgIpc) is 2.71. The molecule has 0 aliphatic carbocycles. The van der Waals surface area contributed by atoms with Gasteiger partial charge in [-0.2, -0.15) is 0 Å². The fourth-order valence-electron chi connectivity index (χ4n) is 2.94. The molecule has 150 valence electrons. The van der Waals surface area contributed by atoms with Crippen molar-refractivity contribution in [1.82, 2.24) is 14.5 Å². The fraction of sp³-hybridized carbons (Fsp3) is 0.227. The first kappa shape index (κ1) is 20.1. The van der Waals surface area contributed by atoms with Crippen LogP contribution in [-0.2, 0) is 17.9 Å². The summed E-state index contributed by atoms with van der Waals surface area (Å²) in [6.45, 7) is 4.54. The predicted molar refractivity (Wildman–Crippen MR) is 110 cm³/mol. The number of aryl methyl sites for hydroxylation is 1. The number of nitrogens with zero attached hydrogens (tertiary/aromatic N) is 2. The summed E-state index contributed by atoms with van der Waals surface area (Å²) in [5.74, 6) is 0.342. The Kier molecular flexibility index (Phi) is 6.29. The van der Waals surface area contributed by atoms with Gasteiger partial charge in [-0.1, -0.05) is 29.8 Å². The Morgan fingerprint density at radius 2 is 1.79 bits per heavy atom. The lowest BCUT2D eigenvalue weighted by Gasteiger charge is -2.10. The highest BCUT2D eigenvalue weighted by Crippen LogP contribution is 2.13. The Balaban J connectivity index is 1.71. The molecule has 0 radical (unpaired) electrons. The minimum absolute atomic E-state index is 0.218. The third-order valence-electron chi connectivity index (χ3n) is 4.37. The summed E-state index contributed by atoms with van der Waals surface area (Å²) in [6, 6.07) is 14.6. The van der Waals surface area contributed by atoms with Crippen LogP contribution in [0.25, 0.3) is 5.69 Å². The summed E-state index contributed by atoms with van der Waals surface area (Å²) in [4.78, 5) is 37.1. The molecule has 0 unspecified atom stereocenters. The van der Waals surface area contributed by atoms with Gasteiger partial charge in [0.15, 0.2) is 0 Å². The van der Waals surface area contributed by atoms with Crippen molar-refractivity contribution in [3.8, 4) is 11.4 Å². The SMILES string of the molecule is CCOc1ccc(-n2ccn(CC(=O)NCc3cccc(C)c3)c(=O)c2=O)cc1. The maximum atomic E-state index is 12.5. The molecule has 1 N–H and O–H groups in total. The van der Waals surface area contributed by atoms with Crippen LogP contribution in [0.5, 0.6) is 5.75 Å². The van der Waals surface area contributed by atoms with Gasteiger partial charge in [-0.05, 0) is 43.7 Å². The van der Waals surface area contributed by atoms with Crippen LogP contribution >= 0.6 is 0 Å². The Morgan fingerprint density at radius 1 is 1.03 bits per heavy atom. The minimum Gasteiger partial charge on any atom is -0.494 e. The molecule has 29 heavy (non-hydrogen) atoms. The summed E-state index contributed by atoms with van der Waals surface area (Å²) in [5.41, 5.74) is 1.14. The highest BCUT2D eigenvalue weighted by atomic mass is 16.5. The number of hydrogen-bond donors (Lipinski definition) is 1. The number of amides is 1. The summed E-state index contributed by atoms with van der Waals surface area (Å²) in [7, 11) is 0. The maximum Gasteiger partial charge on any atom is 0.320 e. The Morgan fingerprint density at radius 3 is 2.48 bits per heavy atom. The molecule has 0 aliphatic heterocycles. The second kappa shape index (κ2) is 9.05. The van der Waals surface area contributed by atoms with Gasteiger partial charge in [0.25, 0.3) is 0 Å². The van der Waals surface area contributed by atoms with Crippen molar-refractivity contribution in [1.29, 1.82) is 0 Å². The zero-order chi connectivity index (χ0) is 20.8. The Bertz CT molecular complexity index is 1110. The molecule has 0 saturated heterocycles. The number of hydrogen-bond acceptors (Lipinski definition) is 4. The lowest BCUT2D eigenvalue weighted by Crippen LogP contribution is -2.42. The van der Waals surface area contributed by atoms with Gasteiger partial charge in [0.05, 0.1) is 6.61 Å². The molecule has 3 rings (SSSR count). The van der Waals surface area contributed by atoms with Gasteiger partial charge in [0.1, 0.15) is 12.3 Å². The first-order chi connectivity index (χ1) is 14.0. The van der Waals surface area contributed by atoms with Crippen molar-refractivity contribution < 1.29 is 9.53 Å². The van der Waals surface area contributed by atoms with E-state index in [-0.39, 0.29) is 12.5 Å². The summed E-state index contributed by atoms with van der Waals surface area (Å²) in [6.07, 6.45) is 2.92. The van der Waals surface area contributed by atoms with Gasteiger partial charge >= 0.3 is 11.1 Å². The molecule has 0 fully saturated rings. The molecule has 3 aromatic rings. The Hall–Kier alpha value is -3.61. The van der Waals surface area contributed by atoms with Crippen LogP contribution in [-0.4, -0.2) is 21.6 Å². The number of ether oxygens (including phenoxy) is 1. The van der Waals surface area contributed by atoms with E-state index in [0.29, 0.717) is 24.6 Å². The quantitative estimate of drug-likeness (QED) is 0.623. The number of nitrogens with one attached hydrogen (secondary N) is 1. The summed E-state index contributed by atoms with van der Waals surface area (Å²) < 4.78 is 7.74. The van der Waals surface area contributed by atoms with E-state index in [1.807, 2.05) is 38.1 Å². The van der Waals surface area contributed by atoms with Crippen LogP contribution < -0.4 is 21.2 Å². The highest BCUT2D eigenvalue weighted by Gasteiger charge is 2.10. The smallest absolute Gasteiger partial charge is 0.320 e. The molecule has 0 bridgehead atoms. The van der Waals surface area contributed by atoms with Crippen molar-refractivity contribution in [2.75, 3.05) is 6.61 Å². The predicted octanol–water partition coefficient (Wildman–Crippen LogP) is 2.02. The number of aromatic nitrogens is 2. The normalized spacial score (nSPS) is 10.6. The number of rotatable bonds is 7. The standard InChI is InChI=1S/C22H23N3O4/c1-3-29-19-9-7-18(8-10-19)25-12-11-24(21(27)22(25)28)15-20(26)23-14-17-6-4-5-16(2)13-17/h4-13H,3,14-15H2,1-2H3,(H,23,26). The van der Waals surface area contributed by atoms with E-state index in [0.717, 1.165) is 15.7 Å². The number of carbonyl (C=O) groups excluding carboxylic acids is 1. The molecule has 0 atom stereocenters. The molecular weight excluding hydrogens is 370 g/mol. The first-order valence-electron chi connectivity index (χ1n) is 9.35. The second-order valence-corrected chi connectivity index (χ2v) is 6.60. The maximum absolute atomic E-state index is 12.5. The van der Waals surface area contributed by atoms with Crippen molar-refractivity contribution in [2.45, 2.75) is 26.9 Å². The van der Waals surface area contributed by atoms with E-state index >= 15 is 0 Å². The van der Waals surface area contributed by atoms with Crippen LogP contribution in [0.2, 0.25) is 0 Å². The zero-order valence-corrected chi connectivity index (χ0v) is 16.4. The van der Waals surface area contributed by atoms with Crippen LogP contribution in [0.4, 0.5) is 0 Å². The number of carbonyl (C=O) groups is 1. The molecule has 0 aliphatic rings. The third-order valence-corrected chi connectivity index (χ3v) is 4.37.